The first-order valence-corrected chi connectivity index (χ1v) is 5.96. The molecule has 0 spiro atoms. The van der Waals surface area contributed by atoms with Gasteiger partial charge in [0, 0.05) is 6.54 Å². The smallest absolute Gasteiger partial charge is 0.295 e. The summed E-state index contributed by atoms with van der Waals surface area (Å²) in [7, 11) is 0. The lowest BCUT2D eigenvalue weighted by Gasteiger charge is -2.06. The third-order valence-corrected chi connectivity index (χ3v) is 2.74. The van der Waals surface area contributed by atoms with E-state index in [1.54, 1.807) is 0 Å². The second-order valence-corrected chi connectivity index (χ2v) is 4.37. The molecule has 0 saturated heterocycles. The summed E-state index contributed by atoms with van der Waals surface area (Å²) in [6, 6.07) is 8.24. The van der Waals surface area contributed by atoms with Crippen molar-refractivity contribution in [1.29, 1.82) is 0 Å². The minimum absolute atomic E-state index is 0.125. The molecule has 1 aromatic heterocycles. The van der Waals surface area contributed by atoms with Crippen LogP contribution in [0.4, 0.5) is 6.01 Å². The fraction of sp³-hybridized carbons (Fsp3) is 0.417. The molecule has 0 saturated carbocycles. The third kappa shape index (κ3) is 2.67. The van der Waals surface area contributed by atoms with Crippen molar-refractivity contribution in [3.05, 3.63) is 24.3 Å². The lowest BCUT2D eigenvalue weighted by molar-refractivity contribution is 0.610. The van der Waals surface area contributed by atoms with Crippen LogP contribution in [0.3, 0.4) is 0 Å². The van der Waals surface area contributed by atoms with E-state index in [4.69, 9.17) is 16.0 Å². The van der Waals surface area contributed by atoms with E-state index in [0.717, 1.165) is 23.9 Å². The molecule has 2 aromatic rings. The first-order chi connectivity index (χ1) is 7.79. The SMILES string of the molecule is CCCC(Cl)CNc1nc2ccccc2o1. The number of nitrogens with one attached hydrogen (secondary N) is 1. The number of alkyl halides is 1. The minimum atomic E-state index is 0.125. The number of para-hydroxylation sites is 2. The number of fused-ring (bicyclic) bond motifs is 1. The van der Waals surface area contributed by atoms with Crippen LogP contribution in [0, 0.1) is 0 Å². The first kappa shape index (κ1) is 11.3. The molecule has 3 nitrogen and oxygen atoms in total. The van der Waals surface area contributed by atoms with E-state index in [2.05, 4.69) is 17.2 Å². The highest BCUT2D eigenvalue weighted by molar-refractivity contribution is 6.20. The number of hydrogen-bond donors (Lipinski definition) is 1. The summed E-state index contributed by atoms with van der Waals surface area (Å²) in [5.41, 5.74) is 1.67. The highest BCUT2D eigenvalue weighted by Crippen LogP contribution is 2.18. The molecule has 0 bridgehead atoms. The number of oxazole rings is 1. The molecule has 1 aromatic carbocycles. The van der Waals surface area contributed by atoms with Gasteiger partial charge in [0.25, 0.3) is 6.01 Å². The van der Waals surface area contributed by atoms with E-state index < -0.39 is 0 Å². The Bertz CT molecular complexity index is 422. The Morgan fingerprint density at radius 1 is 1.44 bits per heavy atom. The number of halogens is 1. The molecule has 0 radical (unpaired) electrons. The van der Waals surface area contributed by atoms with Crippen LogP contribution in [0.1, 0.15) is 19.8 Å². The number of rotatable bonds is 5. The molecule has 4 heteroatoms. The van der Waals surface area contributed by atoms with E-state index in [-0.39, 0.29) is 5.38 Å². The van der Waals surface area contributed by atoms with Gasteiger partial charge in [-0.15, -0.1) is 11.6 Å². The van der Waals surface area contributed by atoms with Crippen LogP contribution in [-0.4, -0.2) is 16.9 Å². The molecule has 16 heavy (non-hydrogen) atoms. The van der Waals surface area contributed by atoms with Crippen LogP contribution in [0.25, 0.3) is 11.1 Å². The number of benzene rings is 1. The summed E-state index contributed by atoms with van der Waals surface area (Å²) in [4.78, 5) is 4.31. The molecule has 0 aliphatic carbocycles. The largest absolute Gasteiger partial charge is 0.424 e. The second-order valence-electron chi connectivity index (χ2n) is 3.75. The molecule has 1 atom stereocenters. The van der Waals surface area contributed by atoms with E-state index in [1.165, 1.54) is 0 Å². The van der Waals surface area contributed by atoms with Gasteiger partial charge in [-0.05, 0) is 18.6 Å². The third-order valence-electron chi connectivity index (χ3n) is 2.37. The zero-order valence-electron chi connectivity index (χ0n) is 9.24. The number of hydrogen-bond acceptors (Lipinski definition) is 3. The Kier molecular flexibility index (Phi) is 3.67. The highest BCUT2D eigenvalue weighted by atomic mass is 35.5. The molecule has 2 rings (SSSR count). The normalized spacial score (nSPS) is 12.9. The van der Waals surface area contributed by atoms with Gasteiger partial charge in [0.05, 0.1) is 5.38 Å². The Morgan fingerprint density at radius 2 is 2.25 bits per heavy atom. The monoisotopic (exact) mass is 238 g/mol. The van der Waals surface area contributed by atoms with Crippen molar-refractivity contribution < 1.29 is 4.42 Å². The Hall–Kier alpha value is -1.22. The van der Waals surface area contributed by atoms with Crippen molar-refractivity contribution in [2.45, 2.75) is 25.1 Å². The van der Waals surface area contributed by atoms with Crippen LogP contribution in [-0.2, 0) is 0 Å². The van der Waals surface area contributed by atoms with Gasteiger partial charge in [-0.1, -0.05) is 25.5 Å². The van der Waals surface area contributed by atoms with Crippen LogP contribution < -0.4 is 5.32 Å². The molecular weight excluding hydrogens is 224 g/mol. The van der Waals surface area contributed by atoms with Crippen LogP contribution in [0.5, 0.6) is 0 Å². The maximum absolute atomic E-state index is 6.10. The summed E-state index contributed by atoms with van der Waals surface area (Å²) in [6.07, 6.45) is 2.08. The quantitative estimate of drug-likeness (QED) is 0.808. The van der Waals surface area contributed by atoms with Gasteiger partial charge in [0.1, 0.15) is 5.52 Å². The Labute approximate surface area is 99.8 Å². The number of anilines is 1. The van der Waals surface area contributed by atoms with Gasteiger partial charge in [-0.2, -0.15) is 4.98 Å². The molecular formula is C12H15ClN2O. The molecule has 0 amide bonds. The average Bonchev–Trinajstić information content (AvgIpc) is 2.69. The van der Waals surface area contributed by atoms with Crippen LogP contribution in [0.15, 0.2) is 28.7 Å². The second kappa shape index (κ2) is 5.21. The van der Waals surface area contributed by atoms with Crippen LogP contribution >= 0.6 is 11.6 Å². The molecule has 0 aliphatic rings. The number of nitrogens with zero attached hydrogens (tertiary/aromatic N) is 1. The summed E-state index contributed by atoms with van der Waals surface area (Å²) in [6.45, 7) is 2.80. The molecule has 0 aliphatic heterocycles. The van der Waals surface area contributed by atoms with Crippen molar-refractivity contribution in [1.82, 2.24) is 4.98 Å². The zero-order valence-corrected chi connectivity index (χ0v) is 10.00. The van der Waals surface area contributed by atoms with Gasteiger partial charge in [0.15, 0.2) is 5.58 Å². The average molecular weight is 239 g/mol. The molecule has 1 heterocycles. The Morgan fingerprint density at radius 3 is 3.00 bits per heavy atom. The molecule has 86 valence electrons. The molecule has 1 unspecified atom stereocenters. The van der Waals surface area contributed by atoms with E-state index >= 15 is 0 Å². The van der Waals surface area contributed by atoms with Gasteiger partial charge in [0.2, 0.25) is 0 Å². The predicted molar refractivity (Wildman–Crippen MR) is 67.0 cm³/mol. The lowest BCUT2D eigenvalue weighted by Crippen LogP contribution is -2.13. The van der Waals surface area contributed by atoms with Gasteiger partial charge in [-0.25, -0.2) is 0 Å². The maximum atomic E-state index is 6.10. The molecule has 0 fully saturated rings. The standard InChI is InChI=1S/C12H15ClN2O/c1-2-5-9(13)8-14-12-15-10-6-3-4-7-11(10)16-12/h3-4,6-7,9H,2,5,8H2,1H3,(H,14,15). The topological polar surface area (TPSA) is 38.1 Å². The van der Waals surface area contributed by atoms with Gasteiger partial charge < -0.3 is 9.73 Å². The minimum Gasteiger partial charge on any atom is -0.424 e. The fourth-order valence-electron chi connectivity index (χ4n) is 1.56. The molecule has 1 N–H and O–H groups in total. The van der Waals surface area contributed by atoms with Gasteiger partial charge >= 0.3 is 0 Å². The van der Waals surface area contributed by atoms with Crippen molar-refractivity contribution in [2.24, 2.45) is 0 Å². The fourth-order valence-corrected chi connectivity index (χ4v) is 1.86. The van der Waals surface area contributed by atoms with Gasteiger partial charge in [-0.3, -0.25) is 0 Å². The number of aromatic nitrogens is 1. The van der Waals surface area contributed by atoms with Crippen molar-refractivity contribution >= 4 is 28.7 Å². The summed E-state index contributed by atoms with van der Waals surface area (Å²) >= 11 is 6.10. The summed E-state index contributed by atoms with van der Waals surface area (Å²) in [5.74, 6) is 0. The Balaban J connectivity index is 1.99. The van der Waals surface area contributed by atoms with E-state index in [0.29, 0.717) is 12.6 Å². The lowest BCUT2D eigenvalue weighted by atomic mass is 10.2. The van der Waals surface area contributed by atoms with Crippen molar-refractivity contribution in [3.63, 3.8) is 0 Å². The predicted octanol–water partition coefficient (Wildman–Crippen LogP) is 3.65. The zero-order chi connectivity index (χ0) is 11.4. The highest BCUT2D eigenvalue weighted by Gasteiger charge is 2.07. The van der Waals surface area contributed by atoms with E-state index in [9.17, 15) is 0 Å². The van der Waals surface area contributed by atoms with Crippen molar-refractivity contribution in [3.8, 4) is 0 Å². The summed E-state index contributed by atoms with van der Waals surface area (Å²) < 4.78 is 5.52. The van der Waals surface area contributed by atoms with Crippen molar-refractivity contribution in [2.75, 3.05) is 11.9 Å². The van der Waals surface area contributed by atoms with E-state index in [1.807, 2.05) is 24.3 Å². The maximum Gasteiger partial charge on any atom is 0.295 e. The van der Waals surface area contributed by atoms with Crippen LogP contribution in [0.2, 0.25) is 0 Å². The summed E-state index contributed by atoms with van der Waals surface area (Å²) in [5, 5.41) is 3.23. The first-order valence-electron chi connectivity index (χ1n) is 5.53.